The summed E-state index contributed by atoms with van der Waals surface area (Å²) in [7, 11) is 0. The highest BCUT2D eigenvalue weighted by molar-refractivity contribution is 5.77. The van der Waals surface area contributed by atoms with Crippen molar-refractivity contribution in [1.82, 2.24) is 4.90 Å². The van der Waals surface area contributed by atoms with Gasteiger partial charge in [-0.05, 0) is 30.3 Å². The number of carbonyl (C=O) groups is 1. The molecule has 0 saturated carbocycles. The number of carbonyl (C=O) groups excluding carboxylic acids is 1. The molecule has 1 aliphatic rings. The molecule has 1 aliphatic heterocycles. The van der Waals surface area contributed by atoms with E-state index in [0.717, 1.165) is 5.69 Å². The summed E-state index contributed by atoms with van der Waals surface area (Å²) in [6.07, 6.45) is 0.385. The molecule has 0 bridgehead atoms. The molecule has 0 aliphatic carbocycles. The molecule has 2 aromatic carbocycles. The van der Waals surface area contributed by atoms with Gasteiger partial charge in [-0.25, -0.2) is 4.39 Å². The standard InChI is InChI=1S/C20H21FN4O/c21-18-6-1-2-7-19(18)24-10-12-25(13-11-24)20(26)8-9-23-17-5-3-4-16(14-17)15-22/h1-7,14,23H,8-13H2. The second kappa shape index (κ2) is 8.34. The number of rotatable bonds is 5. The number of halogens is 1. The zero-order valence-corrected chi connectivity index (χ0v) is 14.5. The van der Waals surface area contributed by atoms with Gasteiger partial charge in [-0.1, -0.05) is 18.2 Å². The Kier molecular flexibility index (Phi) is 5.69. The Hall–Kier alpha value is -3.07. The number of hydrogen-bond acceptors (Lipinski definition) is 4. The molecular formula is C20H21FN4O. The van der Waals surface area contributed by atoms with E-state index < -0.39 is 0 Å². The van der Waals surface area contributed by atoms with Crippen molar-refractivity contribution in [1.29, 1.82) is 5.26 Å². The zero-order chi connectivity index (χ0) is 18.4. The predicted molar refractivity (Wildman–Crippen MR) is 99.5 cm³/mol. The largest absolute Gasteiger partial charge is 0.384 e. The van der Waals surface area contributed by atoms with Gasteiger partial charge < -0.3 is 15.1 Å². The van der Waals surface area contributed by atoms with Gasteiger partial charge in [-0.2, -0.15) is 5.26 Å². The fourth-order valence-corrected chi connectivity index (χ4v) is 3.08. The number of nitrogens with zero attached hydrogens (tertiary/aromatic N) is 3. The first-order valence-electron chi connectivity index (χ1n) is 8.68. The minimum Gasteiger partial charge on any atom is -0.384 e. The number of hydrogen-bond donors (Lipinski definition) is 1. The molecular weight excluding hydrogens is 331 g/mol. The van der Waals surface area contributed by atoms with Gasteiger partial charge in [0, 0.05) is 44.8 Å². The highest BCUT2D eigenvalue weighted by Gasteiger charge is 2.22. The van der Waals surface area contributed by atoms with Crippen LogP contribution in [0.15, 0.2) is 48.5 Å². The van der Waals surface area contributed by atoms with Crippen LogP contribution < -0.4 is 10.2 Å². The lowest BCUT2D eigenvalue weighted by molar-refractivity contribution is -0.131. The van der Waals surface area contributed by atoms with Gasteiger partial charge in [0.1, 0.15) is 5.82 Å². The summed E-state index contributed by atoms with van der Waals surface area (Å²) >= 11 is 0. The van der Waals surface area contributed by atoms with Crippen LogP contribution in [0.2, 0.25) is 0 Å². The number of nitriles is 1. The maximum atomic E-state index is 13.9. The van der Waals surface area contributed by atoms with E-state index >= 15 is 0 Å². The van der Waals surface area contributed by atoms with Gasteiger partial charge in [0.05, 0.1) is 17.3 Å². The molecule has 1 heterocycles. The minimum absolute atomic E-state index is 0.0853. The number of piperazine rings is 1. The minimum atomic E-state index is -0.226. The third-order valence-electron chi connectivity index (χ3n) is 4.49. The maximum absolute atomic E-state index is 13.9. The quantitative estimate of drug-likeness (QED) is 0.899. The smallest absolute Gasteiger partial charge is 0.224 e. The molecule has 0 atom stereocenters. The molecule has 0 aromatic heterocycles. The predicted octanol–water partition coefficient (Wildman–Crippen LogP) is 2.85. The lowest BCUT2D eigenvalue weighted by Gasteiger charge is -2.36. The Morgan fingerprint density at radius 1 is 1.12 bits per heavy atom. The maximum Gasteiger partial charge on any atom is 0.224 e. The molecule has 1 fully saturated rings. The normalized spacial score (nSPS) is 14.0. The van der Waals surface area contributed by atoms with Crippen LogP contribution in [0.4, 0.5) is 15.8 Å². The molecule has 1 amide bonds. The van der Waals surface area contributed by atoms with Crippen LogP contribution in [0, 0.1) is 17.1 Å². The SMILES string of the molecule is N#Cc1cccc(NCCC(=O)N2CCN(c3ccccc3F)CC2)c1. The number of benzene rings is 2. The summed E-state index contributed by atoms with van der Waals surface area (Å²) in [6.45, 7) is 2.96. The molecule has 0 spiro atoms. The van der Waals surface area contributed by atoms with E-state index in [1.807, 2.05) is 28.0 Å². The van der Waals surface area contributed by atoms with Crippen LogP contribution in [0.5, 0.6) is 0 Å². The van der Waals surface area contributed by atoms with Crippen LogP contribution in [-0.4, -0.2) is 43.5 Å². The molecule has 134 valence electrons. The van der Waals surface area contributed by atoms with E-state index in [2.05, 4.69) is 11.4 Å². The molecule has 6 heteroatoms. The molecule has 0 radical (unpaired) electrons. The molecule has 0 unspecified atom stereocenters. The average Bonchev–Trinajstić information content (AvgIpc) is 2.68. The van der Waals surface area contributed by atoms with Crippen molar-refractivity contribution in [2.24, 2.45) is 0 Å². The highest BCUT2D eigenvalue weighted by Crippen LogP contribution is 2.20. The van der Waals surface area contributed by atoms with Crippen molar-refractivity contribution >= 4 is 17.3 Å². The van der Waals surface area contributed by atoms with E-state index in [1.165, 1.54) is 6.07 Å². The third kappa shape index (κ3) is 4.31. The third-order valence-corrected chi connectivity index (χ3v) is 4.49. The molecule has 1 N–H and O–H groups in total. The van der Waals surface area contributed by atoms with Gasteiger partial charge in [0.25, 0.3) is 0 Å². The average molecular weight is 352 g/mol. The van der Waals surface area contributed by atoms with Gasteiger partial charge >= 0.3 is 0 Å². The Morgan fingerprint density at radius 2 is 1.88 bits per heavy atom. The first-order chi connectivity index (χ1) is 12.7. The van der Waals surface area contributed by atoms with E-state index in [0.29, 0.717) is 50.4 Å². The first-order valence-corrected chi connectivity index (χ1v) is 8.68. The molecule has 1 saturated heterocycles. The molecule has 2 aromatic rings. The van der Waals surface area contributed by atoms with Crippen LogP contribution in [0.25, 0.3) is 0 Å². The second-order valence-electron chi connectivity index (χ2n) is 6.19. The van der Waals surface area contributed by atoms with Crippen molar-refractivity contribution in [3.63, 3.8) is 0 Å². The zero-order valence-electron chi connectivity index (χ0n) is 14.5. The van der Waals surface area contributed by atoms with Crippen LogP contribution in [0.3, 0.4) is 0 Å². The molecule has 26 heavy (non-hydrogen) atoms. The second-order valence-corrected chi connectivity index (χ2v) is 6.19. The number of nitrogens with one attached hydrogen (secondary N) is 1. The Bertz CT molecular complexity index is 809. The highest BCUT2D eigenvalue weighted by atomic mass is 19.1. The lowest BCUT2D eigenvalue weighted by Crippen LogP contribution is -2.49. The van der Waals surface area contributed by atoms with Gasteiger partial charge in [-0.15, -0.1) is 0 Å². The van der Waals surface area contributed by atoms with E-state index in [-0.39, 0.29) is 11.7 Å². The first kappa shape index (κ1) is 17.7. The monoisotopic (exact) mass is 352 g/mol. The Balaban J connectivity index is 1.45. The van der Waals surface area contributed by atoms with Crippen LogP contribution >= 0.6 is 0 Å². The lowest BCUT2D eigenvalue weighted by atomic mass is 10.2. The van der Waals surface area contributed by atoms with E-state index in [1.54, 1.807) is 24.3 Å². The number of para-hydroxylation sites is 1. The van der Waals surface area contributed by atoms with Gasteiger partial charge in [0.2, 0.25) is 5.91 Å². The van der Waals surface area contributed by atoms with Crippen LogP contribution in [0.1, 0.15) is 12.0 Å². The van der Waals surface area contributed by atoms with Crippen molar-refractivity contribution < 1.29 is 9.18 Å². The van der Waals surface area contributed by atoms with Crippen molar-refractivity contribution in [3.8, 4) is 6.07 Å². The van der Waals surface area contributed by atoms with E-state index in [9.17, 15) is 9.18 Å². The summed E-state index contributed by atoms with van der Waals surface area (Å²) in [6, 6.07) is 16.0. The van der Waals surface area contributed by atoms with Gasteiger partial charge in [0.15, 0.2) is 0 Å². The molecule has 3 rings (SSSR count). The molecule has 5 nitrogen and oxygen atoms in total. The van der Waals surface area contributed by atoms with E-state index in [4.69, 9.17) is 5.26 Å². The Labute approximate surface area is 152 Å². The number of amides is 1. The van der Waals surface area contributed by atoms with Gasteiger partial charge in [-0.3, -0.25) is 4.79 Å². The summed E-state index contributed by atoms with van der Waals surface area (Å²) in [5.41, 5.74) is 2.02. The topological polar surface area (TPSA) is 59.4 Å². The Morgan fingerprint density at radius 3 is 2.62 bits per heavy atom. The fourth-order valence-electron chi connectivity index (χ4n) is 3.08. The van der Waals surface area contributed by atoms with Crippen molar-refractivity contribution in [2.75, 3.05) is 42.9 Å². The summed E-state index contributed by atoms with van der Waals surface area (Å²) in [5.74, 6) is -0.141. The number of anilines is 2. The summed E-state index contributed by atoms with van der Waals surface area (Å²) in [4.78, 5) is 16.2. The summed E-state index contributed by atoms with van der Waals surface area (Å²) < 4.78 is 13.9. The van der Waals surface area contributed by atoms with Crippen molar-refractivity contribution in [2.45, 2.75) is 6.42 Å². The summed E-state index contributed by atoms with van der Waals surface area (Å²) in [5, 5.41) is 12.1. The van der Waals surface area contributed by atoms with Crippen molar-refractivity contribution in [3.05, 3.63) is 59.9 Å². The fraction of sp³-hybridized carbons (Fsp3) is 0.300. The van der Waals surface area contributed by atoms with Crippen LogP contribution in [-0.2, 0) is 4.79 Å².